The van der Waals surface area contributed by atoms with Crippen LogP contribution in [0.15, 0.2) is 24.3 Å². The Balaban J connectivity index is 1.37. The Hall–Kier alpha value is -1.63. The van der Waals surface area contributed by atoms with Crippen LogP contribution < -0.4 is 5.32 Å². The first-order valence-electron chi connectivity index (χ1n) is 11.3. The van der Waals surface area contributed by atoms with Crippen molar-refractivity contribution in [3.8, 4) is 0 Å². The van der Waals surface area contributed by atoms with Crippen LogP contribution in [0.5, 0.6) is 0 Å². The van der Waals surface area contributed by atoms with Gasteiger partial charge in [0, 0.05) is 39.3 Å². The fourth-order valence-corrected chi connectivity index (χ4v) is 5.30. The van der Waals surface area contributed by atoms with E-state index in [1.807, 2.05) is 17.0 Å². The van der Waals surface area contributed by atoms with Crippen molar-refractivity contribution in [1.29, 1.82) is 0 Å². The highest BCUT2D eigenvalue weighted by atomic mass is 35.5. The number of ether oxygens (including phenoxy) is 1. The second-order valence-electron chi connectivity index (χ2n) is 8.68. The van der Waals surface area contributed by atoms with Gasteiger partial charge in [-0.1, -0.05) is 36.6 Å². The van der Waals surface area contributed by atoms with Crippen LogP contribution in [0.2, 0.25) is 5.02 Å². The molecular weight excluding hydrogens is 402 g/mol. The molecule has 0 spiro atoms. The van der Waals surface area contributed by atoms with E-state index in [2.05, 4.69) is 10.2 Å². The number of benzene rings is 1. The lowest BCUT2D eigenvalue weighted by Gasteiger charge is -2.41. The van der Waals surface area contributed by atoms with Gasteiger partial charge in [-0.05, 0) is 43.7 Å². The van der Waals surface area contributed by atoms with E-state index < -0.39 is 0 Å². The Morgan fingerprint density at radius 3 is 2.47 bits per heavy atom. The van der Waals surface area contributed by atoms with Gasteiger partial charge in [-0.25, -0.2) is 0 Å². The summed E-state index contributed by atoms with van der Waals surface area (Å²) in [5, 5.41) is 3.65. The SMILES string of the molecule is O=C(NCC1CCCO1)C(C1CCCC1)N1CCN(C(=O)c2ccccc2Cl)CC1. The zero-order valence-electron chi connectivity index (χ0n) is 17.5. The molecule has 2 atom stereocenters. The summed E-state index contributed by atoms with van der Waals surface area (Å²) in [6, 6.07) is 7.09. The van der Waals surface area contributed by atoms with E-state index in [1.165, 1.54) is 12.8 Å². The van der Waals surface area contributed by atoms with Gasteiger partial charge < -0.3 is 15.0 Å². The topological polar surface area (TPSA) is 61.9 Å². The number of amides is 2. The number of carbonyl (C=O) groups excluding carboxylic acids is 2. The molecule has 0 aromatic heterocycles. The summed E-state index contributed by atoms with van der Waals surface area (Å²) < 4.78 is 5.66. The van der Waals surface area contributed by atoms with Crippen molar-refractivity contribution in [3.63, 3.8) is 0 Å². The largest absolute Gasteiger partial charge is 0.376 e. The van der Waals surface area contributed by atoms with Crippen molar-refractivity contribution in [2.45, 2.75) is 50.7 Å². The van der Waals surface area contributed by atoms with E-state index in [0.717, 1.165) is 32.3 Å². The zero-order valence-corrected chi connectivity index (χ0v) is 18.3. The maximum absolute atomic E-state index is 13.2. The molecule has 164 valence electrons. The minimum absolute atomic E-state index is 0.0273. The molecule has 3 fully saturated rings. The minimum atomic E-state index is -0.105. The molecule has 30 heavy (non-hydrogen) atoms. The molecule has 7 heteroatoms. The predicted molar refractivity (Wildman–Crippen MR) is 117 cm³/mol. The lowest BCUT2D eigenvalue weighted by atomic mass is 9.94. The monoisotopic (exact) mass is 433 g/mol. The van der Waals surface area contributed by atoms with E-state index in [-0.39, 0.29) is 24.0 Å². The van der Waals surface area contributed by atoms with Crippen LogP contribution in [0, 0.1) is 5.92 Å². The quantitative estimate of drug-likeness (QED) is 0.749. The summed E-state index contributed by atoms with van der Waals surface area (Å²) in [6.45, 7) is 4.06. The van der Waals surface area contributed by atoms with Gasteiger partial charge in [0.1, 0.15) is 0 Å². The standard InChI is InChI=1S/C23H32ClN3O3/c24-20-10-4-3-9-19(20)23(29)27-13-11-26(12-14-27)21(17-6-1-2-7-17)22(28)25-16-18-8-5-15-30-18/h3-4,9-10,17-18,21H,1-2,5-8,11-16H2,(H,25,28). The molecule has 0 radical (unpaired) electrons. The summed E-state index contributed by atoms with van der Waals surface area (Å²) in [7, 11) is 0. The van der Waals surface area contributed by atoms with Crippen molar-refractivity contribution in [3.05, 3.63) is 34.9 Å². The summed E-state index contributed by atoms with van der Waals surface area (Å²) >= 11 is 6.21. The summed E-state index contributed by atoms with van der Waals surface area (Å²) in [4.78, 5) is 30.2. The maximum Gasteiger partial charge on any atom is 0.255 e. The Morgan fingerprint density at radius 1 is 1.07 bits per heavy atom. The number of nitrogens with one attached hydrogen (secondary N) is 1. The second-order valence-corrected chi connectivity index (χ2v) is 9.08. The van der Waals surface area contributed by atoms with E-state index in [9.17, 15) is 9.59 Å². The number of rotatable bonds is 6. The molecule has 2 aliphatic heterocycles. The molecule has 4 rings (SSSR count). The van der Waals surface area contributed by atoms with Gasteiger partial charge in [-0.3, -0.25) is 14.5 Å². The molecule has 3 aliphatic rings. The highest BCUT2D eigenvalue weighted by Gasteiger charge is 2.37. The second kappa shape index (κ2) is 10.1. The molecule has 0 bridgehead atoms. The molecule has 6 nitrogen and oxygen atoms in total. The van der Waals surface area contributed by atoms with Crippen LogP contribution in [0.4, 0.5) is 0 Å². The van der Waals surface area contributed by atoms with Crippen LogP contribution in [-0.4, -0.2) is 73.1 Å². The smallest absolute Gasteiger partial charge is 0.255 e. The van der Waals surface area contributed by atoms with Crippen LogP contribution in [0.25, 0.3) is 0 Å². The van der Waals surface area contributed by atoms with Crippen molar-refractivity contribution < 1.29 is 14.3 Å². The zero-order chi connectivity index (χ0) is 20.9. The van der Waals surface area contributed by atoms with Gasteiger partial charge in [-0.2, -0.15) is 0 Å². The van der Waals surface area contributed by atoms with Gasteiger partial charge in [0.25, 0.3) is 5.91 Å². The summed E-state index contributed by atoms with van der Waals surface area (Å²) in [6.07, 6.45) is 6.87. The maximum atomic E-state index is 13.2. The van der Waals surface area contributed by atoms with Crippen LogP contribution in [0.3, 0.4) is 0 Å². The first-order chi connectivity index (χ1) is 14.6. The van der Waals surface area contributed by atoms with E-state index in [0.29, 0.717) is 49.2 Å². The molecule has 2 saturated heterocycles. The highest BCUT2D eigenvalue weighted by molar-refractivity contribution is 6.33. The van der Waals surface area contributed by atoms with Gasteiger partial charge in [-0.15, -0.1) is 0 Å². The van der Waals surface area contributed by atoms with Gasteiger partial charge >= 0.3 is 0 Å². The number of piperazine rings is 1. The summed E-state index contributed by atoms with van der Waals surface area (Å²) in [5.74, 6) is 0.504. The third-order valence-electron chi connectivity index (χ3n) is 6.74. The van der Waals surface area contributed by atoms with Crippen molar-refractivity contribution in [2.75, 3.05) is 39.3 Å². The van der Waals surface area contributed by atoms with Crippen molar-refractivity contribution in [2.24, 2.45) is 5.92 Å². The molecule has 2 amide bonds. The lowest BCUT2D eigenvalue weighted by Crippen LogP contribution is -2.58. The Kier molecular flexibility index (Phi) is 7.28. The molecule has 1 aromatic rings. The average Bonchev–Trinajstić information content (AvgIpc) is 3.47. The molecule has 2 heterocycles. The molecular formula is C23H32ClN3O3. The fourth-order valence-electron chi connectivity index (χ4n) is 5.08. The number of carbonyl (C=O) groups is 2. The Morgan fingerprint density at radius 2 is 1.80 bits per heavy atom. The molecule has 2 unspecified atom stereocenters. The Bertz CT molecular complexity index is 739. The van der Waals surface area contributed by atoms with Gasteiger partial charge in [0.05, 0.1) is 22.7 Å². The lowest BCUT2D eigenvalue weighted by molar-refractivity contribution is -0.129. The third-order valence-corrected chi connectivity index (χ3v) is 7.07. The van der Waals surface area contributed by atoms with E-state index >= 15 is 0 Å². The van der Waals surface area contributed by atoms with Crippen LogP contribution >= 0.6 is 11.6 Å². The minimum Gasteiger partial charge on any atom is -0.376 e. The fraction of sp³-hybridized carbons (Fsp3) is 0.652. The third kappa shape index (κ3) is 4.98. The molecule has 1 aromatic carbocycles. The first kappa shape index (κ1) is 21.6. The normalized spacial score (nSPS) is 24.2. The predicted octanol–water partition coefficient (Wildman–Crippen LogP) is 2.95. The van der Waals surface area contributed by atoms with Crippen molar-refractivity contribution in [1.82, 2.24) is 15.1 Å². The highest BCUT2D eigenvalue weighted by Crippen LogP contribution is 2.31. The number of hydrogen-bond donors (Lipinski definition) is 1. The number of nitrogens with zero attached hydrogens (tertiary/aromatic N) is 2. The average molecular weight is 434 g/mol. The molecule has 1 N–H and O–H groups in total. The molecule has 1 aliphatic carbocycles. The van der Waals surface area contributed by atoms with Crippen LogP contribution in [0.1, 0.15) is 48.9 Å². The van der Waals surface area contributed by atoms with E-state index in [1.54, 1.807) is 12.1 Å². The molecule has 1 saturated carbocycles. The summed E-state index contributed by atoms with van der Waals surface area (Å²) in [5.41, 5.74) is 0.550. The van der Waals surface area contributed by atoms with Crippen LogP contribution in [-0.2, 0) is 9.53 Å². The van der Waals surface area contributed by atoms with E-state index in [4.69, 9.17) is 16.3 Å². The number of hydrogen-bond acceptors (Lipinski definition) is 4. The van der Waals surface area contributed by atoms with Crippen molar-refractivity contribution >= 4 is 23.4 Å². The first-order valence-corrected chi connectivity index (χ1v) is 11.7. The Labute approximate surface area is 183 Å². The number of halogens is 1. The van der Waals surface area contributed by atoms with Gasteiger partial charge in [0.2, 0.25) is 5.91 Å². The van der Waals surface area contributed by atoms with Gasteiger partial charge in [0.15, 0.2) is 0 Å².